The average molecular weight is 489 g/mol. The van der Waals surface area contributed by atoms with Gasteiger partial charge in [-0.15, -0.1) is 0 Å². The van der Waals surface area contributed by atoms with Crippen molar-refractivity contribution in [2.24, 2.45) is 5.92 Å². The monoisotopic (exact) mass is 488 g/mol. The van der Waals surface area contributed by atoms with Gasteiger partial charge in [0.15, 0.2) is 0 Å². The molecule has 7 heteroatoms. The first-order valence-corrected chi connectivity index (χ1v) is 12.1. The van der Waals surface area contributed by atoms with Gasteiger partial charge in [0, 0.05) is 24.8 Å². The topological polar surface area (TPSA) is 71.1 Å². The summed E-state index contributed by atoms with van der Waals surface area (Å²) in [5, 5.41) is 0.648. The van der Waals surface area contributed by atoms with Crippen molar-refractivity contribution in [1.82, 2.24) is 0 Å². The van der Waals surface area contributed by atoms with Crippen molar-refractivity contribution in [1.29, 1.82) is 0 Å². The Kier molecular flexibility index (Phi) is 8.97. The molecule has 1 saturated heterocycles. The van der Waals surface area contributed by atoms with Crippen LogP contribution in [0.3, 0.4) is 0 Å². The number of esters is 2. The van der Waals surface area contributed by atoms with Gasteiger partial charge in [-0.05, 0) is 54.7 Å². The number of benzene rings is 2. The lowest BCUT2D eigenvalue weighted by Gasteiger charge is -2.44. The van der Waals surface area contributed by atoms with Crippen LogP contribution < -0.4 is 4.74 Å². The molecule has 2 aromatic carbocycles. The highest BCUT2D eigenvalue weighted by Crippen LogP contribution is 2.40. The summed E-state index contributed by atoms with van der Waals surface area (Å²) in [5.41, 5.74) is 2.90. The van der Waals surface area contributed by atoms with Gasteiger partial charge in [-0.1, -0.05) is 49.7 Å². The molecule has 1 aliphatic heterocycles. The maximum atomic E-state index is 11.9. The SMILES string of the molecule is CCOc1ccc(Cc2cc([C@@H]3OC(CC)C(OC(C)=O)C(C)C3OC(C)=O)ccc2Cl)cc1. The Morgan fingerprint density at radius 2 is 1.62 bits per heavy atom. The molecule has 0 amide bonds. The third-order valence-electron chi connectivity index (χ3n) is 6.06. The number of carbonyl (C=O) groups is 2. The number of hydrogen-bond donors (Lipinski definition) is 0. The van der Waals surface area contributed by atoms with Crippen molar-refractivity contribution >= 4 is 23.5 Å². The van der Waals surface area contributed by atoms with E-state index in [1.54, 1.807) is 0 Å². The number of rotatable bonds is 8. The summed E-state index contributed by atoms with van der Waals surface area (Å²) < 4.78 is 23.2. The quantitative estimate of drug-likeness (QED) is 0.445. The molecule has 3 rings (SSSR count). The second kappa shape index (κ2) is 11.7. The molecule has 0 aliphatic carbocycles. The highest BCUT2D eigenvalue weighted by atomic mass is 35.5. The second-order valence-corrected chi connectivity index (χ2v) is 9.02. The Balaban J connectivity index is 1.91. The molecule has 0 bridgehead atoms. The van der Waals surface area contributed by atoms with Gasteiger partial charge >= 0.3 is 11.9 Å². The van der Waals surface area contributed by atoms with Crippen LogP contribution in [0.25, 0.3) is 0 Å². The van der Waals surface area contributed by atoms with Crippen molar-refractivity contribution in [3.05, 3.63) is 64.2 Å². The molecule has 0 radical (unpaired) electrons. The molecule has 0 N–H and O–H groups in total. The number of hydrogen-bond acceptors (Lipinski definition) is 6. The van der Waals surface area contributed by atoms with Crippen LogP contribution in [-0.4, -0.2) is 36.9 Å². The lowest BCUT2D eigenvalue weighted by Crippen LogP contribution is -2.52. The first kappa shape index (κ1) is 26.0. The Hall–Kier alpha value is -2.57. The predicted octanol–water partition coefficient (Wildman–Crippen LogP) is 5.68. The molecule has 6 nitrogen and oxygen atoms in total. The van der Waals surface area contributed by atoms with E-state index in [0.717, 1.165) is 22.4 Å². The van der Waals surface area contributed by atoms with Crippen molar-refractivity contribution in [3.8, 4) is 5.75 Å². The van der Waals surface area contributed by atoms with E-state index in [0.29, 0.717) is 24.5 Å². The molecule has 1 fully saturated rings. The molecule has 5 atom stereocenters. The van der Waals surface area contributed by atoms with E-state index in [9.17, 15) is 9.59 Å². The number of ether oxygens (including phenoxy) is 4. The molecule has 184 valence electrons. The third-order valence-corrected chi connectivity index (χ3v) is 6.43. The second-order valence-electron chi connectivity index (χ2n) is 8.62. The van der Waals surface area contributed by atoms with Gasteiger partial charge in [0.2, 0.25) is 0 Å². The van der Waals surface area contributed by atoms with Crippen LogP contribution in [-0.2, 0) is 30.2 Å². The largest absolute Gasteiger partial charge is 0.494 e. The van der Waals surface area contributed by atoms with Crippen molar-refractivity contribution < 1.29 is 28.5 Å². The molecule has 2 aromatic rings. The number of halogens is 1. The summed E-state index contributed by atoms with van der Waals surface area (Å²) in [6, 6.07) is 13.7. The van der Waals surface area contributed by atoms with E-state index >= 15 is 0 Å². The van der Waals surface area contributed by atoms with E-state index in [4.69, 9.17) is 30.5 Å². The van der Waals surface area contributed by atoms with E-state index < -0.39 is 24.3 Å². The van der Waals surface area contributed by atoms with Crippen molar-refractivity contribution in [2.45, 2.75) is 71.9 Å². The van der Waals surface area contributed by atoms with Crippen LogP contribution in [0.5, 0.6) is 5.75 Å². The van der Waals surface area contributed by atoms with E-state index in [1.165, 1.54) is 13.8 Å². The van der Waals surface area contributed by atoms with Crippen LogP contribution in [0.15, 0.2) is 42.5 Å². The van der Waals surface area contributed by atoms with Gasteiger partial charge < -0.3 is 18.9 Å². The van der Waals surface area contributed by atoms with Gasteiger partial charge in [-0.2, -0.15) is 0 Å². The number of carbonyl (C=O) groups excluding carboxylic acids is 2. The summed E-state index contributed by atoms with van der Waals surface area (Å²) in [5.74, 6) is -0.219. The summed E-state index contributed by atoms with van der Waals surface area (Å²) in [4.78, 5) is 23.6. The Morgan fingerprint density at radius 3 is 2.21 bits per heavy atom. The predicted molar refractivity (Wildman–Crippen MR) is 130 cm³/mol. The van der Waals surface area contributed by atoms with Crippen LogP contribution >= 0.6 is 11.6 Å². The maximum absolute atomic E-state index is 11.9. The molecule has 34 heavy (non-hydrogen) atoms. The molecular formula is C27H33ClO6. The zero-order chi connectivity index (χ0) is 24.8. The molecule has 0 spiro atoms. The summed E-state index contributed by atoms with van der Waals surface area (Å²) >= 11 is 6.54. The minimum Gasteiger partial charge on any atom is -0.494 e. The van der Waals surface area contributed by atoms with Crippen LogP contribution in [0.1, 0.15) is 63.8 Å². The Morgan fingerprint density at radius 1 is 0.971 bits per heavy atom. The highest BCUT2D eigenvalue weighted by Gasteiger charge is 2.47. The Bertz CT molecular complexity index is 989. The first-order valence-electron chi connectivity index (χ1n) is 11.7. The smallest absolute Gasteiger partial charge is 0.303 e. The minimum absolute atomic E-state index is 0.248. The third kappa shape index (κ3) is 6.30. The van der Waals surface area contributed by atoms with Crippen molar-refractivity contribution in [3.63, 3.8) is 0 Å². The van der Waals surface area contributed by atoms with Gasteiger partial charge in [0.05, 0.1) is 12.7 Å². The maximum Gasteiger partial charge on any atom is 0.303 e. The highest BCUT2D eigenvalue weighted by molar-refractivity contribution is 6.31. The molecule has 4 unspecified atom stereocenters. The Labute approximate surface area is 206 Å². The summed E-state index contributed by atoms with van der Waals surface area (Å²) in [7, 11) is 0. The lowest BCUT2D eigenvalue weighted by molar-refractivity contribution is -0.223. The lowest BCUT2D eigenvalue weighted by atomic mass is 9.83. The zero-order valence-corrected chi connectivity index (χ0v) is 21.1. The van der Waals surface area contributed by atoms with Gasteiger partial charge in [-0.25, -0.2) is 0 Å². The van der Waals surface area contributed by atoms with Crippen molar-refractivity contribution in [2.75, 3.05) is 6.61 Å². The summed E-state index contributed by atoms with van der Waals surface area (Å²) in [6.45, 7) is 9.22. The van der Waals surface area contributed by atoms with Crippen LogP contribution in [0.4, 0.5) is 0 Å². The zero-order valence-electron chi connectivity index (χ0n) is 20.4. The fourth-order valence-electron chi connectivity index (χ4n) is 4.47. The van der Waals surface area contributed by atoms with Crippen LogP contribution in [0.2, 0.25) is 5.02 Å². The van der Waals surface area contributed by atoms with Gasteiger partial charge in [-0.3, -0.25) is 9.59 Å². The van der Waals surface area contributed by atoms with E-state index in [2.05, 4.69) is 0 Å². The fourth-order valence-corrected chi connectivity index (χ4v) is 4.66. The van der Waals surface area contributed by atoms with Crippen LogP contribution in [0, 0.1) is 5.92 Å². The molecule has 0 aromatic heterocycles. The molecule has 0 saturated carbocycles. The normalized spacial score (nSPS) is 24.4. The van der Waals surface area contributed by atoms with Gasteiger partial charge in [0.25, 0.3) is 0 Å². The molecular weight excluding hydrogens is 456 g/mol. The summed E-state index contributed by atoms with van der Waals surface area (Å²) in [6.07, 6.45) is -0.652. The molecule has 1 heterocycles. The minimum atomic E-state index is -0.607. The fraction of sp³-hybridized carbons (Fsp3) is 0.481. The first-order chi connectivity index (χ1) is 16.2. The average Bonchev–Trinajstić information content (AvgIpc) is 2.79. The van der Waals surface area contributed by atoms with E-state index in [1.807, 2.05) is 63.2 Å². The van der Waals surface area contributed by atoms with Gasteiger partial charge in [0.1, 0.15) is 24.1 Å². The molecule has 1 aliphatic rings. The standard InChI is InChI=1S/C27H33ClO6/c1-6-24-25(32-17(4)29)16(3)26(33-18(5)30)27(34-24)20-10-13-23(28)21(15-20)14-19-8-11-22(12-9-19)31-7-2/h8-13,15-16,24-27H,6-7,14H2,1-5H3/t16?,24?,25?,26?,27-/m0/s1. The van der Waals surface area contributed by atoms with E-state index in [-0.39, 0.29) is 18.0 Å².